The van der Waals surface area contributed by atoms with Gasteiger partial charge in [-0.2, -0.15) is 0 Å². The van der Waals surface area contributed by atoms with Crippen LogP contribution in [0.1, 0.15) is 29.7 Å². The standard InChI is InChI=1S/C28H29N3O3/c1-33-28(32)15-22-4-2-3-5-27(22)34-18-20-12-25(21-8-10-30-23(14-21)16-29)24-9-11-31(26(24)13-20)17-19-6-7-19/h2-5,8-14,19H,6-7,15-18,29H2,1H3. The molecule has 0 spiro atoms. The van der Waals surface area contributed by atoms with Crippen molar-refractivity contribution >= 4 is 16.9 Å². The maximum Gasteiger partial charge on any atom is 0.310 e. The molecule has 0 aliphatic heterocycles. The number of nitrogens with two attached hydrogens (primary N) is 1. The molecule has 1 aliphatic carbocycles. The highest BCUT2D eigenvalue weighted by Crippen LogP contribution is 2.35. The molecule has 0 saturated heterocycles. The number of para-hydroxylation sites is 1. The van der Waals surface area contributed by atoms with Gasteiger partial charge >= 0.3 is 5.97 Å². The van der Waals surface area contributed by atoms with Crippen LogP contribution in [0.2, 0.25) is 0 Å². The highest BCUT2D eigenvalue weighted by atomic mass is 16.5. The zero-order chi connectivity index (χ0) is 23.5. The summed E-state index contributed by atoms with van der Waals surface area (Å²) in [7, 11) is 1.40. The Hall–Kier alpha value is -3.64. The molecule has 4 aromatic rings. The van der Waals surface area contributed by atoms with Crippen molar-refractivity contribution in [2.75, 3.05) is 7.11 Å². The number of rotatable bonds is 9. The molecule has 2 N–H and O–H groups in total. The Balaban J connectivity index is 1.50. The van der Waals surface area contributed by atoms with Crippen LogP contribution >= 0.6 is 0 Å². The number of esters is 1. The summed E-state index contributed by atoms with van der Waals surface area (Å²) >= 11 is 0. The minimum absolute atomic E-state index is 0.181. The van der Waals surface area contributed by atoms with Crippen molar-refractivity contribution in [2.45, 2.75) is 39.0 Å². The lowest BCUT2D eigenvalue weighted by Crippen LogP contribution is -2.07. The minimum Gasteiger partial charge on any atom is -0.489 e. The molecule has 0 bridgehead atoms. The molecular weight excluding hydrogens is 426 g/mol. The summed E-state index contributed by atoms with van der Waals surface area (Å²) in [5.41, 5.74) is 12.0. The number of hydrogen-bond donors (Lipinski definition) is 1. The average molecular weight is 456 g/mol. The van der Waals surface area contributed by atoms with Gasteiger partial charge in [0, 0.05) is 41.9 Å². The van der Waals surface area contributed by atoms with E-state index in [1.165, 1.54) is 30.9 Å². The van der Waals surface area contributed by atoms with Crippen molar-refractivity contribution in [1.82, 2.24) is 9.55 Å². The Morgan fingerprint density at radius 1 is 1.15 bits per heavy atom. The lowest BCUT2D eigenvalue weighted by Gasteiger charge is -2.14. The lowest BCUT2D eigenvalue weighted by atomic mass is 9.99. The molecule has 6 heteroatoms. The van der Waals surface area contributed by atoms with Crippen molar-refractivity contribution in [1.29, 1.82) is 0 Å². The van der Waals surface area contributed by atoms with Crippen molar-refractivity contribution in [3.05, 3.63) is 83.8 Å². The molecule has 0 radical (unpaired) electrons. The molecule has 174 valence electrons. The smallest absolute Gasteiger partial charge is 0.310 e. The number of aromatic nitrogens is 2. The SMILES string of the molecule is COC(=O)Cc1ccccc1OCc1cc(-c2ccnc(CN)c2)c2ccn(CC3CC3)c2c1. The van der Waals surface area contributed by atoms with Crippen LogP contribution < -0.4 is 10.5 Å². The van der Waals surface area contributed by atoms with Gasteiger partial charge in [-0.05, 0) is 71.8 Å². The van der Waals surface area contributed by atoms with E-state index < -0.39 is 0 Å². The summed E-state index contributed by atoms with van der Waals surface area (Å²) in [6.07, 6.45) is 6.79. The van der Waals surface area contributed by atoms with Gasteiger partial charge in [0.2, 0.25) is 0 Å². The fourth-order valence-corrected chi connectivity index (χ4v) is 4.35. The van der Waals surface area contributed by atoms with Crippen molar-refractivity contribution in [3.8, 4) is 16.9 Å². The zero-order valence-corrected chi connectivity index (χ0v) is 19.4. The molecule has 1 fully saturated rings. The van der Waals surface area contributed by atoms with Crippen LogP contribution in [0.25, 0.3) is 22.0 Å². The molecule has 5 rings (SSSR count). The quantitative estimate of drug-likeness (QED) is 0.365. The van der Waals surface area contributed by atoms with Crippen LogP contribution in [0.3, 0.4) is 0 Å². The third-order valence-corrected chi connectivity index (χ3v) is 6.37. The highest BCUT2D eigenvalue weighted by Gasteiger charge is 2.22. The summed E-state index contributed by atoms with van der Waals surface area (Å²) in [6, 6.07) is 18.3. The molecule has 0 atom stereocenters. The van der Waals surface area contributed by atoms with Gasteiger partial charge in [0.1, 0.15) is 12.4 Å². The fraction of sp³-hybridized carbons (Fsp3) is 0.286. The summed E-state index contributed by atoms with van der Waals surface area (Å²) in [5, 5.41) is 1.21. The third-order valence-electron chi connectivity index (χ3n) is 6.37. The van der Waals surface area contributed by atoms with Crippen molar-refractivity contribution in [2.24, 2.45) is 11.7 Å². The Labute approximate surface area is 199 Å². The van der Waals surface area contributed by atoms with E-state index in [4.69, 9.17) is 15.2 Å². The highest BCUT2D eigenvalue weighted by molar-refractivity contribution is 5.96. The second-order valence-corrected chi connectivity index (χ2v) is 8.88. The maximum absolute atomic E-state index is 11.8. The van der Waals surface area contributed by atoms with Gasteiger partial charge in [0.15, 0.2) is 0 Å². The number of methoxy groups -OCH3 is 1. The first-order chi connectivity index (χ1) is 16.6. The number of ether oxygens (including phenoxy) is 2. The van der Waals surface area contributed by atoms with Crippen LogP contribution in [0, 0.1) is 5.92 Å². The van der Waals surface area contributed by atoms with E-state index in [9.17, 15) is 4.79 Å². The molecule has 2 aromatic heterocycles. The van der Waals surface area contributed by atoms with Crippen molar-refractivity contribution < 1.29 is 14.3 Å². The van der Waals surface area contributed by atoms with Crippen LogP contribution in [0.4, 0.5) is 0 Å². The van der Waals surface area contributed by atoms with Gasteiger partial charge in [0.05, 0.1) is 19.2 Å². The predicted molar refractivity (Wildman–Crippen MR) is 132 cm³/mol. The van der Waals surface area contributed by atoms with E-state index in [1.807, 2.05) is 36.5 Å². The predicted octanol–water partition coefficient (Wildman–Crippen LogP) is 4.87. The van der Waals surface area contributed by atoms with Crippen LogP contribution in [0.5, 0.6) is 5.75 Å². The summed E-state index contributed by atoms with van der Waals surface area (Å²) in [5.74, 6) is 1.18. The monoisotopic (exact) mass is 455 g/mol. The van der Waals surface area contributed by atoms with Crippen molar-refractivity contribution in [3.63, 3.8) is 0 Å². The normalized spacial score (nSPS) is 13.2. The first kappa shape index (κ1) is 22.2. The first-order valence-electron chi connectivity index (χ1n) is 11.7. The lowest BCUT2D eigenvalue weighted by molar-refractivity contribution is -0.139. The Kier molecular flexibility index (Phi) is 6.32. The third kappa shape index (κ3) is 4.82. The topological polar surface area (TPSA) is 79.4 Å². The largest absolute Gasteiger partial charge is 0.489 e. The fourth-order valence-electron chi connectivity index (χ4n) is 4.35. The molecule has 2 aromatic carbocycles. The molecule has 2 heterocycles. The molecule has 1 saturated carbocycles. The number of carbonyl (C=O) groups excluding carboxylic acids is 1. The molecule has 6 nitrogen and oxygen atoms in total. The van der Waals surface area contributed by atoms with E-state index in [0.29, 0.717) is 18.9 Å². The minimum atomic E-state index is -0.286. The number of benzene rings is 2. The maximum atomic E-state index is 11.8. The van der Waals surface area contributed by atoms with E-state index in [2.05, 4.69) is 40.0 Å². The summed E-state index contributed by atoms with van der Waals surface area (Å²) in [6.45, 7) is 1.84. The van der Waals surface area contributed by atoms with Gasteiger partial charge in [-0.15, -0.1) is 0 Å². The van der Waals surface area contributed by atoms with E-state index in [-0.39, 0.29) is 12.4 Å². The van der Waals surface area contributed by atoms with E-state index >= 15 is 0 Å². The molecule has 1 aliphatic rings. The van der Waals surface area contributed by atoms with E-state index in [0.717, 1.165) is 40.4 Å². The second-order valence-electron chi connectivity index (χ2n) is 8.88. The number of fused-ring (bicyclic) bond motifs is 1. The zero-order valence-electron chi connectivity index (χ0n) is 19.4. The number of nitrogens with zero attached hydrogens (tertiary/aromatic N) is 2. The molecule has 0 amide bonds. The Morgan fingerprint density at radius 2 is 2.00 bits per heavy atom. The van der Waals surface area contributed by atoms with Gasteiger partial charge in [0.25, 0.3) is 0 Å². The molecule has 34 heavy (non-hydrogen) atoms. The van der Waals surface area contributed by atoms with Crippen LogP contribution in [-0.4, -0.2) is 22.6 Å². The number of hydrogen-bond acceptors (Lipinski definition) is 5. The van der Waals surface area contributed by atoms with Gasteiger partial charge in [-0.25, -0.2) is 0 Å². The van der Waals surface area contributed by atoms with Crippen LogP contribution in [0.15, 0.2) is 67.0 Å². The van der Waals surface area contributed by atoms with Crippen LogP contribution in [-0.2, 0) is 35.6 Å². The summed E-state index contributed by atoms with van der Waals surface area (Å²) < 4.78 is 13.4. The van der Waals surface area contributed by atoms with E-state index in [1.54, 1.807) is 0 Å². The van der Waals surface area contributed by atoms with Gasteiger partial charge in [-0.3, -0.25) is 9.78 Å². The summed E-state index contributed by atoms with van der Waals surface area (Å²) in [4.78, 5) is 16.2. The second kappa shape index (κ2) is 9.69. The Bertz CT molecular complexity index is 1320. The Morgan fingerprint density at radius 3 is 2.79 bits per heavy atom. The number of carbonyl (C=O) groups is 1. The average Bonchev–Trinajstić information content (AvgIpc) is 3.61. The van der Waals surface area contributed by atoms with Gasteiger partial charge < -0.3 is 19.8 Å². The molecular formula is C28H29N3O3. The number of pyridine rings is 1. The molecule has 0 unspecified atom stereocenters. The first-order valence-corrected chi connectivity index (χ1v) is 11.7. The van der Waals surface area contributed by atoms with Gasteiger partial charge in [-0.1, -0.05) is 18.2 Å².